The molecular formula is C25H31N5O4. The zero-order chi connectivity index (χ0) is 23.9. The lowest BCUT2D eigenvalue weighted by molar-refractivity contribution is -0.143. The van der Waals surface area contributed by atoms with Gasteiger partial charge >= 0.3 is 0 Å². The van der Waals surface area contributed by atoms with Crippen molar-refractivity contribution < 1.29 is 19.1 Å². The summed E-state index contributed by atoms with van der Waals surface area (Å²) in [7, 11) is 1.58. The van der Waals surface area contributed by atoms with Gasteiger partial charge < -0.3 is 19.7 Å². The number of hydrogen-bond acceptors (Lipinski definition) is 6. The fourth-order valence-electron chi connectivity index (χ4n) is 4.21. The van der Waals surface area contributed by atoms with Crippen molar-refractivity contribution in [1.82, 2.24) is 25.2 Å². The first-order chi connectivity index (χ1) is 16.6. The topological polar surface area (TPSA) is 98.6 Å². The Hall–Kier alpha value is -3.30. The van der Waals surface area contributed by atoms with Crippen molar-refractivity contribution in [2.24, 2.45) is 0 Å². The molecule has 1 fully saturated rings. The predicted molar refractivity (Wildman–Crippen MR) is 127 cm³/mol. The first kappa shape index (κ1) is 23.8. The Morgan fingerprint density at radius 3 is 2.76 bits per heavy atom. The van der Waals surface area contributed by atoms with Gasteiger partial charge in [0.05, 0.1) is 18.2 Å². The minimum atomic E-state index is -0.802. The number of rotatable bonds is 10. The van der Waals surface area contributed by atoms with Gasteiger partial charge in [-0.05, 0) is 37.5 Å². The zero-order valence-corrected chi connectivity index (χ0v) is 19.6. The molecular weight excluding hydrogens is 434 g/mol. The standard InChI is InChI=1S/C25H31N5O4/c1-18-9-11-19(12-10-18)24(25(32)26-13-15-33-2)29(16-20-6-5-14-34-20)23(31)17-30-22-8-4-3-7-21(22)27-28-30/h3-4,7-12,20,24H,5-6,13-17H2,1-2H3,(H,26,32)/t20-,24+/m1/s1. The van der Waals surface area contributed by atoms with Crippen molar-refractivity contribution in [3.8, 4) is 0 Å². The lowest BCUT2D eigenvalue weighted by atomic mass is 10.0. The largest absolute Gasteiger partial charge is 0.383 e. The number of aryl methyl sites for hydroxylation is 1. The Morgan fingerprint density at radius 2 is 2.03 bits per heavy atom. The maximum Gasteiger partial charge on any atom is 0.247 e. The molecule has 0 radical (unpaired) electrons. The van der Waals surface area contributed by atoms with Gasteiger partial charge in [0, 0.05) is 26.8 Å². The molecule has 0 unspecified atom stereocenters. The highest BCUT2D eigenvalue weighted by Crippen LogP contribution is 2.26. The lowest BCUT2D eigenvalue weighted by Gasteiger charge is -2.33. The maximum absolute atomic E-state index is 13.7. The second kappa shape index (κ2) is 11.2. The lowest BCUT2D eigenvalue weighted by Crippen LogP contribution is -2.48. The van der Waals surface area contributed by atoms with Crippen molar-refractivity contribution in [1.29, 1.82) is 0 Å². The van der Waals surface area contributed by atoms with Crippen molar-refractivity contribution in [3.63, 3.8) is 0 Å². The van der Waals surface area contributed by atoms with Crippen LogP contribution in [0, 0.1) is 6.92 Å². The van der Waals surface area contributed by atoms with Crippen LogP contribution in [0.5, 0.6) is 0 Å². The van der Waals surface area contributed by atoms with Crippen LogP contribution in [0.15, 0.2) is 48.5 Å². The maximum atomic E-state index is 13.7. The monoisotopic (exact) mass is 465 g/mol. The van der Waals surface area contributed by atoms with E-state index < -0.39 is 6.04 Å². The second-order valence-corrected chi connectivity index (χ2v) is 8.51. The van der Waals surface area contributed by atoms with E-state index in [0.717, 1.165) is 29.5 Å². The number of carbonyl (C=O) groups is 2. The minimum Gasteiger partial charge on any atom is -0.383 e. The van der Waals surface area contributed by atoms with E-state index in [2.05, 4.69) is 15.6 Å². The first-order valence-electron chi connectivity index (χ1n) is 11.6. The van der Waals surface area contributed by atoms with E-state index in [1.54, 1.807) is 16.7 Å². The second-order valence-electron chi connectivity index (χ2n) is 8.51. The third-order valence-electron chi connectivity index (χ3n) is 6.01. The molecule has 1 aliphatic heterocycles. The molecule has 0 bridgehead atoms. The number of ether oxygens (including phenoxy) is 2. The molecule has 1 N–H and O–H groups in total. The quantitative estimate of drug-likeness (QED) is 0.461. The number of para-hydroxylation sites is 1. The third-order valence-corrected chi connectivity index (χ3v) is 6.01. The van der Waals surface area contributed by atoms with Crippen LogP contribution in [-0.2, 0) is 25.6 Å². The molecule has 180 valence electrons. The summed E-state index contributed by atoms with van der Waals surface area (Å²) >= 11 is 0. The highest BCUT2D eigenvalue weighted by Gasteiger charge is 2.34. The number of benzene rings is 2. The van der Waals surface area contributed by atoms with Gasteiger partial charge in [-0.1, -0.05) is 47.2 Å². The summed E-state index contributed by atoms with van der Waals surface area (Å²) in [5, 5.41) is 11.2. The van der Waals surface area contributed by atoms with E-state index in [0.29, 0.717) is 31.8 Å². The van der Waals surface area contributed by atoms with E-state index >= 15 is 0 Å². The van der Waals surface area contributed by atoms with E-state index in [9.17, 15) is 9.59 Å². The van der Waals surface area contributed by atoms with Crippen molar-refractivity contribution >= 4 is 22.8 Å². The molecule has 2 heterocycles. The molecule has 9 heteroatoms. The molecule has 1 aliphatic rings. The minimum absolute atomic E-state index is 0.0268. The molecule has 1 aromatic heterocycles. The zero-order valence-electron chi connectivity index (χ0n) is 19.6. The molecule has 0 spiro atoms. The number of aromatic nitrogens is 3. The molecule has 4 rings (SSSR count). The van der Waals surface area contributed by atoms with E-state index in [-0.39, 0.29) is 24.5 Å². The van der Waals surface area contributed by atoms with Crippen LogP contribution in [0.2, 0.25) is 0 Å². The van der Waals surface area contributed by atoms with E-state index in [1.807, 2.05) is 55.5 Å². The van der Waals surface area contributed by atoms with Crippen LogP contribution in [0.1, 0.15) is 30.0 Å². The third kappa shape index (κ3) is 5.60. The molecule has 0 aliphatic carbocycles. The van der Waals surface area contributed by atoms with Crippen LogP contribution in [0.25, 0.3) is 11.0 Å². The normalized spacial score (nSPS) is 16.5. The van der Waals surface area contributed by atoms with Crippen LogP contribution >= 0.6 is 0 Å². The first-order valence-corrected chi connectivity index (χ1v) is 11.6. The summed E-state index contributed by atoms with van der Waals surface area (Å²) in [6, 6.07) is 14.4. The summed E-state index contributed by atoms with van der Waals surface area (Å²) in [5.74, 6) is -0.477. The van der Waals surface area contributed by atoms with Crippen LogP contribution in [0.3, 0.4) is 0 Å². The average molecular weight is 466 g/mol. The Kier molecular flexibility index (Phi) is 7.87. The summed E-state index contributed by atoms with van der Waals surface area (Å²) in [5.41, 5.74) is 3.31. The number of amides is 2. The highest BCUT2D eigenvalue weighted by molar-refractivity contribution is 5.89. The SMILES string of the molecule is COCCNC(=O)[C@H](c1ccc(C)cc1)N(C[C@H]1CCCO1)C(=O)Cn1nnc2ccccc21. The number of carbonyl (C=O) groups excluding carboxylic acids is 2. The van der Waals surface area contributed by atoms with Gasteiger partial charge in [0.1, 0.15) is 18.1 Å². The molecule has 1 saturated heterocycles. The summed E-state index contributed by atoms with van der Waals surface area (Å²) in [6.45, 7) is 3.69. The molecule has 9 nitrogen and oxygen atoms in total. The average Bonchev–Trinajstić information content (AvgIpc) is 3.50. The molecule has 0 saturated carbocycles. The molecule has 2 atom stereocenters. The number of fused-ring (bicyclic) bond motifs is 1. The van der Waals surface area contributed by atoms with Crippen LogP contribution in [0.4, 0.5) is 0 Å². The van der Waals surface area contributed by atoms with Gasteiger partial charge in [0.15, 0.2) is 0 Å². The summed E-state index contributed by atoms with van der Waals surface area (Å²) in [4.78, 5) is 28.8. The fraction of sp³-hybridized carbons (Fsp3) is 0.440. The summed E-state index contributed by atoms with van der Waals surface area (Å²) in [6.07, 6.45) is 1.67. The van der Waals surface area contributed by atoms with Gasteiger partial charge in [-0.2, -0.15) is 0 Å². The Morgan fingerprint density at radius 1 is 1.24 bits per heavy atom. The van der Waals surface area contributed by atoms with Gasteiger partial charge in [-0.25, -0.2) is 4.68 Å². The number of nitrogens with one attached hydrogen (secondary N) is 1. The number of hydrogen-bond donors (Lipinski definition) is 1. The summed E-state index contributed by atoms with van der Waals surface area (Å²) < 4.78 is 12.5. The van der Waals surface area contributed by atoms with Gasteiger partial charge in [-0.15, -0.1) is 5.10 Å². The van der Waals surface area contributed by atoms with Crippen molar-refractivity contribution in [2.75, 3.05) is 33.4 Å². The number of nitrogens with zero attached hydrogens (tertiary/aromatic N) is 4. The highest BCUT2D eigenvalue weighted by atomic mass is 16.5. The van der Waals surface area contributed by atoms with Gasteiger partial charge in [0.25, 0.3) is 0 Å². The predicted octanol–water partition coefficient (Wildman–Crippen LogP) is 2.25. The van der Waals surface area contributed by atoms with Crippen LogP contribution in [-0.4, -0.2) is 71.2 Å². The molecule has 3 aromatic rings. The van der Waals surface area contributed by atoms with E-state index in [1.165, 1.54) is 0 Å². The van der Waals surface area contributed by atoms with Crippen molar-refractivity contribution in [3.05, 3.63) is 59.7 Å². The van der Waals surface area contributed by atoms with Crippen LogP contribution < -0.4 is 5.32 Å². The molecule has 34 heavy (non-hydrogen) atoms. The van der Waals surface area contributed by atoms with Crippen molar-refractivity contribution in [2.45, 2.75) is 38.5 Å². The smallest absolute Gasteiger partial charge is 0.247 e. The number of methoxy groups -OCH3 is 1. The van der Waals surface area contributed by atoms with Gasteiger partial charge in [0.2, 0.25) is 11.8 Å². The Balaban J connectivity index is 1.66. The fourth-order valence-corrected chi connectivity index (χ4v) is 4.21. The molecule has 2 aromatic carbocycles. The van der Waals surface area contributed by atoms with Gasteiger partial charge in [-0.3, -0.25) is 9.59 Å². The Labute approximate surface area is 199 Å². The Bertz CT molecular complexity index is 1110. The van der Waals surface area contributed by atoms with E-state index in [4.69, 9.17) is 9.47 Å². The molecule has 2 amide bonds.